The van der Waals surface area contributed by atoms with Gasteiger partial charge < -0.3 is 5.32 Å². The van der Waals surface area contributed by atoms with E-state index in [1.807, 2.05) is 24.4 Å². The molecule has 5 nitrogen and oxygen atoms in total. The van der Waals surface area contributed by atoms with Crippen LogP contribution in [0.2, 0.25) is 0 Å². The van der Waals surface area contributed by atoms with Crippen LogP contribution in [0.4, 0.5) is 0 Å². The summed E-state index contributed by atoms with van der Waals surface area (Å²) in [6.45, 7) is 2.01. The molecule has 0 aliphatic carbocycles. The molecule has 1 N–H and O–H groups in total. The molecule has 98 valence electrons. The molecule has 1 aromatic rings. The quantitative estimate of drug-likeness (QED) is 0.778. The molecule has 17 heavy (non-hydrogen) atoms. The van der Waals surface area contributed by atoms with Crippen molar-refractivity contribution in [3.05, 3.63) is 16.1 Å². The number of thiazole rings is 1. The summed E-state index contributed by atoms with van der Waals surface area (Å²) >= 11 is 1.62. The molecule has 0 aliphatic heterocycles. The maximum Gasteiger partial charge on any atom is 0.148 e. The van der Waals surface area contributed by atoms with E-state index in [-0.39, 0.29) is 5.75 Å². The fourth-order valence-electron chi connectivity index (χ4n) is 1.33. The minimum Gasteiger partial charge on any atom is -0.314 e. The molecule has 0 aromatic carbocycles. The molecule has 0 bridgehead atoms. The first kappa shape index (κ1) is 14.6. The second-order valence-corrected chi connectivity index (χ2v) is 7.33. The maximum atomic E-state index is 11.0. The Hall–Kier alpha value is -0.500. The normalized spacial score (nSPS) is 12.2. The van der Waals surface area contributed by atoms with Gasteiger partial charge in [0, 0.05) is 31.3 Å². The molecular formula is C10H19N3O2S2. The van der Waals surface area contributed by atoms with Gasteiger partial charge in [0.2, 0.25) is 0 Å². The Labute approximate surface area is 107 Å². The Morgan fingerprint density at radius 1 is 1.53 bits per heavy atom. The number of hydrogen-bond donors (Lipinski definition) is 1. The molecule has 1 aromatic heterocycles. The topological polar surface area (TPSA) is 62.3 Å². The Morgan fingerprint density at radius 3 is 2.82 bits per heavy atom. The van der Waals surface area contributed by atoms with Gasteiger partial charge in [-0.1, -0.05) is 0 Å². The lowest BCUT2D eigenvalue weighted by molar-refractivity contribution is 0.342. The predicted octanol–water partition coefficient (Wildman–Crippen LogP) is 0.339. The summed E-state index contributed by atoms with van der Waals surface area (Å²) in [7, 11) is 0.909. The lowest BCUT2D eigenvalue weighted by atomic mass is 10.4. The van der Waals surface area contributed by atoms with Gasteiger partial charge in [0.25, 0.3) is 0 Å². The molecular weight excluding hydrogens is 258 g/mol. The van der Waals surface area contributed by atoms with E-state index < -0.39 is 9.84 Å². The van der Waals surface area contributed by atoms with Crippen molar-refractivity contribution in [3.63, 3.8) is 0 Å². The average Bonchev–Trinajstić information content (AvgIpc) is 2.62. The van der Waals surface area contributed by atoms with Gasteiger partial charge in [0.15, 0.2) is 0 Å². The zero-order chi connectivity index (χ0) is 12.9. The van der Waals surface area contributed by atoms with Crippen molar-refractivity contribution < 1.29 is 8.42 Å². The first-order valence-electron chi connectivity index (χ1n) is 5.35. The molecule has 0 spiro atoms. The molecule has 0 saturated heterocycles. The van der Waals surface area contributed by atoms with Gasteiger partial charge in [-0.25, -0.2) is 13.4 Å². The monoisotopic (exact) mass is 277 g/mol. The van der Waals surface area contributed by atoms with Crippen LogP contribution in [0.3, 0.4) is 0 Å². The zero-order valence-electron chi connectivity index (χ0n) is 10.4. The third kappa shape index (κ3) is 6.11. The van der Waals surface area contributed by atoms with Gasteiger partial charge in [0.1, 0.15) is 14.8 Å². The SMILES string of the molecule is CNCc1nc(CN(C)CCS(C)(=O)=O)cs1. The third-order valence-corrected chi connectivity index (χ3v) is 4.02. The van der Waals surface area contributed by atoms with Crippen LogP contribution in [0, 0.1) is 0 Å². The standard InChI is InChI=1S/C10H19N3O2S2/c1-11-6-10-12-9(8-16-10)7-13(2)4-5-17(3,14)15/h8,11H,4-7H2,1-3H3. The second-order valence-electron chi connectivity index (χ2n) is 4.13. The van der Waals surface area contributed by atoms with Crippen molar-refractivity contribution >= 4 is 21.2 Å². The summed E-state index contributed by atoms with van der Waals surface area (Å²) in [6.07, 6.45) is 1.26. The summed E-state index contributed by atoms with van der Waals surface area (Å²) < 4.78 is 22.1. The van der Waals surface area contributed by atoms with Crippen molar-refractivity contribution in [2.24, 2.45) is 0 Å². The molecule has 1 heterocycles. The van der Waals surface area contributed by atoms with E-state index in [0.717, 1.165) is 17.2 Å². The van der Waals surface area contributed by atoms with E-state index in [0.29, 0.717) is 13.1 Å². The van der Waals surface area contributed by atoms with Gasteiger partial charge in [-0.05, 0) is 14.1 Å². The molecule has 0 saturated carbocycles. The highest BCUT2D eigenvalue weighted by molar-refractivity contribution is 7.90. The maximum absolute atomic E-state index is 11.0. The Bertz CT molecular complexity index is 442. The van der Waals surface area contributed by atoms with E-state index in [1.165, 1.54) is 6.26 Å². The summed E-state index contributed by atoms with van der Waals surface area (Å²) in [4.78, 5) is 6.42. The minimum absolute atomic E-state index is 0.191. The molecule has 0 atom stereocenters. The van der Waals surface area contributed by atoms with Crippen LogP contribution in [0.25, 0.3) is 0 Å². The lowest BCUT2D eigenvalue weighted by Gasteiger charge is -2.14. The van der Waals surface area contributed by atoms with Gasteiger partial charge in [-0.3, -0.25) is 4.90 Å². The van der Waals surface area contributed by atoms with Crippen molar-refractivity contribution in [1.29, 1.82) is 0 Å². The van der Waals surface area contributed by atoms with Crippen LogP contribution < -0.4 is 5.32 Å². The molecule has 1 rings (SSSR count). The summed E-state index contributed by atoms with van der Waals surface area (Å²) in [5.41, 5.74) is 0.997. The largest absolute Gasteiger partial charge is 0.314 e. The predicted molar refractivity (Wildman–Crippen MR) is 70.9 cm³/mol. The molecule has 0 unspecified atom stereocenters. The minimum atomic E-state index is -2.88. The molecule has 0 aliphatic rings. The van der Waals surface area contributed by atoms with E-state index in [1.54, 1.807) is 11.3 Å². The number of nitrogens with zero attached hydrogens (tertiary/aromatic N) is 2. The van der Waals surface area contributed by atoms with Crippen molar-refractivity contribution in [2.75, 3.05) is 32.6 Å². The first-order valence-corrected chi connectivity index (χ1v) is 8.29. The first-order chi connectivity index (χ1) is 7.90. The van der Waals surface area contributed by atoms with Crippen LogP contribution in [-0.4, -0.2) is 51.0 Å². The highest BCUT2D eigenvalue weighted by Crippen LogP contribution is 2.10. The Morgan fingerprint density at radius 2 is 2.24 bits per heavy atom. The van der Waals surface area contributed by atoms with Crippen molar-refractivity contribution in [2.45, 2.75) is 13.1 Å². The second kappa shape index (κ2) is 6.44. The van der Waals surface area contributed by atoms with Crippen LogP contribution in [0.15, 0.2) is 5.38 Å². The lowest BCUT2D eigenvalue weighted by Crippen LogP contribution is -2.25. The Kier molecular flexibility index (Phi) is 5.51. The van der Waals surface area contributed by atoms with Crippen LogP contribution in [-0.2, 0) is 22.9 Å². The van der Waals surface area contributed by atoms with Crippen molar-refractivity contribution in [1.82, 2.24) is 15.2 Å². The highest BCUT2D eigenvalue weighted by Gasteiger charge is 2.08. The van der Waals surface area contributed by atoms with Crippen LogP contribution in [0.5, 0.6) is 0 Å². The van der Waals surface area contributed by atoms with E-state index in [9.17, 15) is 8.42 Å². The molecule has 0 radical (unpaired) electrons. The fraction of sp³-hybridized carbons (Fsp3) is 0.700. The van der Waals surface area contributed by atoms with Crippen LogP contribution >= 0.6 is 11.3 Å². The smallest absolute Gasteiger partial charge is 0.148 e. The number of rotatable bonds is 7. The summed E-state index contributed by atoms with van der Waals surface area (Å²) in [5, 5.41) is 6.12. The number of sulfone groups is 1. The molecule has 0 amide bonds. The van der Waals surface area contributed by atoms with Crippen molar-refractivity contribution in [3.8, 4) is 0 Å². The Balaban J connectivity index is 2.42. The van der Waals surface area contributed by atoms with Gasteiger partial charge in [-0.2, -0.15) is 0 Å². The number of aromatic nitrogens is 1. The van der Waals surface area contributed by atoms with E-state index >= 15 is 0 Å². The summed E-state index contributed by atoms with van der Waals surface area (Å²) in [6, 6.07) is 0. The van der Waals surface area contributed by atoms with Gasteiger partial charge >= 0.3 is 0 Å². The molecule has 0 fully saturated rings. The third-order valence-electron chi connectivity index (χ3n) is 2.20. The summed E-state index contributed by atoms with van der Waals surface area (Å²) in [5.74, 6) is 0.191. The van der Waals surface area contributed by atoms with Crippen LogP contribution in [0.1, 0.15) is 10.7 Å². The molecule has 7 heteroatoms. The van der Waals surface area contributed by atoms with Gasteiger partial charge in [-0.15, -0.1) is 11.3 Å². The zero-order valence-corrected chi connectivity index (χ0v) is 12.1. The number of hydrogen-bond acceptors (Lipinski definition) is 6. The van der Waals surface area contributed by atoms with E-state index in [4.69, 9.17) is 0 Å². The van der Waals surface area contributed by atoms with E-state index in [2.05, 4.69) is 10.3 Å². The fourth-order valence-corrected chi connectivity index (χ4v) is 2.77. The van der Waals surface area contributed by atoms with Gasteiger partial charge in [0.05, 0.1) is 11.4 Å². The highest BCUT2D eigenvalue weighted by atomic mass is 32.2. The average molecular weight is 277 g/mol. The number of nitrogens with one attached hydrogen (secondary N) is 1.